The molecular weight excluding hydrogens is 124 g/mol. The van der Waals surface area contributed by atoms with Crippen molar-refractivity contribution in [2.24, 2.45) is 0 Å². The first-order valence-corrected chi connectivity index (χ1v) is 2.41. The number of amides is 2. The quantitative estimate of drug-likeness (QED) is 0.191. The van der Waals surface area contributed by atoms with E-state index in [1.807, 2.05) is 0 Å². The molecule has 0 aromatic heterocycles. The number of carbonyl (C=O) groups excluding carboxylic acids is 2. The smallest absolute Gasteiger partial charge is 0.245 e. The average molecular weight is 132 g/mol. The van der Waals surface area contributed by atoms with Crippen molar-refractivity contribution in [3.05, 3.63) is 0 Å². The van der Waals surface area contributed by atoms with Gasteiger partial charge in [-0.05, 0) is 0 Å². The Kier molecular flexibility index (Phi) is 4.43. The van der Waals surface area contributed by atoms with Crippen LogP contribution in [-0.4, -0.2) is 24.1 Å². The van der Waals surface area contributed by atoms with Gasteiger partial charge in [-0.25, -0.2) is 5.48 Å². The molecule has 0 unspecified atom stereocenters. The minimum Gasteiger partial charge on any atom is -0.358 e. The maximum atomic E-state index is 10.2. The predicted octanol–water partition coefficient (Wildman–Crippen LogP) is -1.37. The molecular formula is C4H8N2O3. The summed E-state index contributed by atoms with van der Waals surface area (Å²) in [5, 5.41) is 10.2. The summed E-state index contributed by atoms with van der Waals surface area (Å²) in [6.07, 6.45) is 0.583. The summed E-state index contributed by atoms with van der Waals surface area (Å²) in [7, 11) is 0. The van der Waals surface area contributed by atoms with Gasteiger partial charge in [-0.15, -0.1) is 0 Å². The van der Waals surface area contributed by atoms with Crippen LogP contribution in [-0.2, 0) is 9.59 Å². The van der Waals surface area contributed by atoms with E-state index in [9.17, 15) is 9.59 Å². The average Bonchev–Trinajstić information content (AvgIpc) is 1.89. The lowest BCUT2D eigenvalue weighted by Crippen LogP contribution is -2.24. The summed E-state index contributed by atoms with van der Waals surface area (Å²) in [4.78, 5) is 19.7. The van der Waals surface area contributed by atoms with Crippen molar-refractivity contribution in [3.8, 4) is 0 Å². The van der Waals surface area contributed by atoms with Gasteiger partial charge in [0.1, 0.15) is 0 Å². The summed E-state index contributed by atoms with van der Waals surface area (Å²) in [5.74, 6) is -0.510. The van der Waals surface area contributed by atoms with Crippen LogP contribution >= 0.6 is 0 Å². The Labute approximate surface area is 52.0 Å². The van der Waals surface area contributed by atoms with Crippen LogP contribution < -0.4 is 10.8 Å². The molecule has 0 rings (SSSR count). The highest BCUT2D eigenvalue weighted by molar-refractivity contribution is 5.74. The Bertz CT molecular complexity index is 104. The van der Waals surface area contributed by atoms with Gasteiger partial charge in [-0.3, -0.25) is 14.8 Å². The number of nitrogens with one attached hydrogen (secondary N) is 2. The van der Waals surface area contributed by atoms with Crippen LogP contribution in [0.4, 0.5) is 0 Å². The summed E-state index contributed by atoms with van der Waals surface area (Å²) < 4.78 is 0. The molecule has 0 spiro atoms. The van der Waals surface area contributed by atoms with Crippen molar-refractivity contribution >= 4 is 12.3 Å². The molecule has 0 radical (unpaired) electrons. The van der Waals surface area contributed by atoms with Crippen molar-refractivity contribution in [1.82, 2.24) is 10.8 Å². The van der Waals surface area contributed by atoms with Gasteiger partial charge in [0, 0.05) is 13.0 Å². The SMILES string of the molecule is O=CNCCC(=O)NO. The molecule has 0 aromatic carbocycles. The zero-order valence-corrected chi connectivity index (χ0v) is 4.76. The molecule has 0 aliphatic heterocycles. The van der Waals surface area contributed by atoms with Crippen molar-refractivity contribution in [2.45, 2.75) is 6.42 Å². The van der Waals surface area contributed by atoms with E-state index in [1.165, 1.54) is 5.48 Å². The molecule has 0 heterocycles. The Morgan fingerprint density at radius 2 is 2.33 bits per heavy atom. The maximum absolute atomic E-state index is 10.2. The molecule has 0 aliphatic rings. The van der Waals surface area contributed by atoms with E-state index in [2.05, 4.69) is 5.32 Å². The first kappa shape index (κ1) is 7.90. The first-order valence-electron chi connectivity index (χ1n) is 2.41. The minimum absolute atomic E-state index is 0.0925. The molecule has 52 valence electrons. The lowest BCUT2D eigenvalue weighted by atomic mass is 10.4. The van der Waals surface area contributed by atoms with Gasteiger partial charge in [-0.1, -0.05) is 0 Å². The second-order valence-corrected chi connectivity index (χ2v) is 1.36. The summed E-state index contributed by atoms with van der Waals surface area (Å²) in [6.45, 7) is 0.246. The van der Waals surface area contributed by atoms with E-state index >= 15 is 0 Å². The van der Waals surface area contributed by atoms with Gasteiger partial charge in [0.2, 0.25) is 12.3 Å². The van der Waals surface area contributed by atoms with E-state index in [4.69, 9.17) is 5.21 Å². The van der Waals surface area contributed by atoms with Gasteiger partial charge in [-0.2, -0.15) is 0 Å². The van der Waals surface area contributed by atoms with Crippen LogP contribution in [0.2, 0.25) is 0 Å². The summed E-state index contributed by atoms with van der Waals surface area (Å²) in [6, 6.07) is 0. The van der Waals surface area contributed by atoms with E-state index < -0.39 is 5.91 Å². The second kappa shape index (κ2) is 5.04. The van der Waals surface area contributed by atoms with Crippen LogP contribution in [0.1, 0.15) is 6.42 Å². The molecule has 0 atom stereocenters. The highest BCUT2D eigenvalue weighted by Crippen LogP contribution is 1.71. The summed E-state index contributed by atoms with van der Waals surface area (Å²) in [5.41, 5.74) is 1.43. The molecule has 0 fully saturated rings. The molecule has 5 nitrogen and oxygen atoms in total. The highest BCUT2D eigenvalue weighted by Gasteiger charge is 1.94. The van der Waals surface area contributed by atoms with Crippen molar-refractivity contribution < 1.29 is 14.8 Å². The number of hydrogen-bond donors (Lipinski definition) is 3. The monoisotopic (exact) mass is 132 g/mol. The summed E-state index contributed by atoms with van der Waals surface area (Å²) >= 11 is 0. The molecule has 2 amide bonds. The van der Waals surface area contributed by atoms with Crippen LogP contribution in [0.15, 0.2) is 0 Å². The van der Waals surface area contributed by atoms with Gasteiger partial charge in [0.05, 0.1) is 0 Å². The maximum Gasteiger partial charge on any atom is 0.245 e. The Morgan fingerprint density at radius 1 is 1.67 bits per heavy atom. The molecule has 0 saturated carbocycles. The molecule has 0 bridgehead atoms. The topological polar surface area (TPSA) is 78.4 Å². The molecule has 3 N–H and O–H groups in total. The lowest BCUT2D eigenvalue weighted by Gasteiger charge is -1.95. The van der Waals surface area contributed by atoms with E-state index in [0.29, 0.717) is 6.41 Å². The third-order valence-electron chi connectivity index (χ3n) is 0.704. The Balaban J connectivity index is 3.06. The number of carbonyl (C=O) groups is 2. The number of hydroxylamine groups is 1. The zero-order chi connectivity index (χ0) is 7.11. The number of hydrogen-bond acceptors (Lipinski definition) is 3. The second-order valence-electron chi connectivity index (χ2n) is 1.36. The fourth-order valence-corrected chi connectivity index (χ4v) is 0.301. The Hall–Kier alpha value is -1.10. The van der Waals surface area contributed by atoms with Crippen molar-refractivity contribution in [3.63, 3.8) is 0 Å². The highest BCUT2D eigenvalue weighted by atomic mass is 16.5. The Morgan fingerprint density at radius 3 is 2.78 bits per heavy atom. The molecule has 9 heavy (non-hydrogen) atoms. The van der Waals surface area contributed by atoms with E-state index in [1.54, 1.807) is 0 Å². The van der Waals surface area contributed by atoms with Gasteiger partial charge >= 0.3 is 0 Å². The number of rotatable bonds is 4. The van der Waals surface area contributed by atoms with Gasteiger partial charge in [0.15, 0.2) is 0 Å². The third-order valence-corrected chi connectivity index (χ3v) is 0.704. The molecule has 0 saturated heterocycles. The standard InChI is InChI=1S/C4H8N2O3/c7-3-5-2-1-4(8)6-9/h3,9H,1-2H2,(H,5,7)(H,6,8). The van der Waals surface area contributed by atoms with E-state index in [-0.39, 0.29) is 13.0 Å². The van der Waals surface area contributed by atoms with Crippen molar-refractivity contribution in [2.75, 3.05) is 6.54 Å². The van der Waals surface area contributed by atoms with Gasteiger partial charge in [0.25, 0.3) is 0 Å². The van der Waals surface area contributed by atoms with Crippen LogP contribution in [0.3, 0.4) is 0 Å². The fraction of sp³-hybridized carbons (Fsp3) is 0.500. The van der Waals surface area contributed by atoms with Crippen LogP contribution in [0.25, 0.3) is 0 Å². The molecule has 5 heteroatoms. The normalized spacial score (nSPS) is 8.11. The fourth-order valence-electron chi connectivity index (χ4n) is 0.301. The molecule has 0 aromatic rings. The minimum atomic E-state index is -0.510. The van der Waals surface area contributed by atoms with Crippen molar-refractivity contribution in [1.29, 1.82) is 0 Å². The largest absolute Gasteiger partial charge is 0.358 e. The first-order chi connectivity index (χ1) is 4.31. The zero-order valence-electron chi connectivity index (χ0n) is 4.76. The predicted molar refractivity (Wildman–Crippen MR) is 28.6 cm³/mol. The lowest BCUT2D eigenvalue weighted by molar-refractivity contribution is -0.129. The van der Waals surface area contributed by atoms with E-state index in [0.717, 1.165) is 0 Å². The van der Waals surface area contributed by atoms with Crippen LogP contribution in [0.5, 0.6) is 0 Å². The third kappa shape index (κ3) is 4.76. The van der Waals surface area contributed by atoms with Gasteiger partial charge < -0.3 is 5.32 Å². The molecule has 0 aliphatic carbocycles. The van der Waals surface area contributed by atoms with Crippen LogP contribution in [0, 0.1) is 0 Å².